The summed E-state index contributed by atoms with van der Waals surface area (Å²) in [5.74, 6) is 0. The van der Waals surface area contributed by atoms with Crippen molar-refractivity contribution in [2.45, 2.75) is 31.3 Å². The fraction of sp³-hybridized carbons (Fsp3) is 0.385. The third-order valence-electron chi connectivity index (χ3n) is 3.10. The molecule has 0 saturated heterocycles. The van der Waals surface area contributed by atoms with Crippen LogP contribution in [-0.2, 0) is 6.42 Å². The van der Waals surface area contributed by atoms with Crippen molar-refractivity contribution in [2.24, 2.45) is 0 Å². The van der Waals surface area contributed by atoms with E-state index in [-0.39, 0.29) is 0 Å². The average Bonchev–Trinajstić information content (AvgIpc) is 2.15. The first-order valence-corrected chi connectivity index (χ1v) is 5.15. The highest BCUT2D eigenvalue weighted by Crippen LogP contribution is 2.38. The molecular formula is C13H16O. The molecule has 0 unspecified atom stereocenters. The van der Waals surface area contributed by atoms with Gasteiger partial charge < -0.3 is 5.11 Å². The van der Waals surface area contributed by atoms with Gasteiger partial charge in [0.1, 0.15) is 0 Å². The minimum absolute atomic E-state index is 0.560. The number of hydrogen-bond acceptors (Lipinski definition) is 1. The van der Waals surface area contributed by atoms with Crippen LogP contribution in [0.1, 0.15) is 24.8 Å². The summed E-state index contributed by atoms with van der Waals surface area (Å²) < 4.78 is 0. The number of hydrogen-bond donors (Lipinski definition) is 1. The molecule has 1 nitrogen and oxygen atoms in total. The van der Waals surface area contributed by atoms with Gasteiger partial charge in [-0.2, -0.15) is 0 Å². The van der Waals surface area contributed by atoms with Gasteiger partial charge in [-0.25, -0.2) is 0 Å². The van der Waals surface area contributed by atoms with E-state index in [9.17, 15) is 5.11 Å². The zero-order valence-corrected chi connectivity index (χ0v) is 8.37. The number of rotatable bonds is 3. The molecule has 1 heteroatoms. The third kappa shape index (κ3) is 1.73. The lowest BCUT2D eigenvalue weighted by atomic mass is 9.73. The molecule has 0 heterocycles. The summed E-state index contributed by atoms with van der Waals surface area (Å²) in [6.45, 7) is 3.99. The Morgan fingerprint density at radius 1 is 1.29 bits per heavy atom. The molecule has 0 aliphatic heterocycles. The summed E-state index contributed by atoms with van der Waals surface area (Å²) in [7, 11) is 0. The molecule has 1 aromatic carbocycles. The highest BCUT2D eigenvalue weighted by Gasteiger charge is 2.36. The van der Waals surface area contributed by atoms with Crippen molar-refractivity contribution in [1.29, 1.82) is 0 Å². The molecule has 0 bridgehead atoms. The summed E-state index contributed by atoms with van der Waals surface area (Å²) in [4.78, 5) is 0. The second-order valence-electron chi connectivity index (χ2n) is 4.15. The molecule has 1 aliphatic rings. The highest BCUT2D eigenvalue weighted by molar-refractivity contribution is 5.26. The summed E-state index contributed by atoms with van der Waals surface area (Å²) in [5, 5.41) is 10.0. The van der Waals surface area contributed by atoms with Gasteiger partial charge in [-0.3, -0.25) is 0 Å². The lowest BCUT2D eigenvalue weighted by Gasteiger charge is -2.38. The van der Waals surface area contributed by atoms with Crippen LogP contribution in [-0.4, -0.2) is 10.7 Å². The van der Waals surface area contributed by atoms with Crippen LogP contribution in [0.5, 0.6) is 0 Å². The van der Waals surface area contributed by atoms with Crippen LogP contribution >= 0.6 is 0 Å². The quantitative estimate of drug-likeness (QED) is 0.723. The van der Waals surface area contributed by atoms with Gasteiger partial charge >= 0.3 is 0 Å². The van der Waals surface area contributed by atoms with Gasteiger partial charge in [0, 0.05) is 0 Å². The van der Waals surface area contributed by atoms with E-state index in [0.717, 1.165) is 31.3 Å². The van der Waals surface area contributed by atoms with E-state index in [1.54, 1.807) is 0 Å². The maximum absolute atomic E-state index is 10.0. The van der Waals surface area contributed by atoms with Gasteiger partial charge in [-0.15, -0.1) is 0 Å². The molecule has 74 valence electrons. The summed E-state index contributed by atoms with van der Waals surface area (Å²) >= 11 is 0. The van der Waals surface area contributed by atoms with Crippen molar-refractivity contribution in [1.82, 2.24) is 0 Å². The summed E-state index contributed by atoms with van der Waals surface area (Å²) in [6, 6.07) is 10.2. The first-order chi connectivity index (χ1) is 6.71. The second-order valence-corrected chi connectivity index (χ2v) is 4.15. The minimum atomic E-state index is -0.560. The van der Waals surface area contributed by atoms with Crippen LogP contribution < -0.4 is 0 Å². The Hall–Kier alpha value is -1.08. The van der Waals surface area contributed by atoms with Gasteiger partial charge in [-0.05, 0) is 36.8 Å². The van der Waals surface area contributed by atoms with Gasteiger partial charge in [0.15, 0.2) is 0 Å². The van der Waals surface area contributed by atoms with Crippen molar-refractivity contribution in [3.05, 3.63) is 48.0 Å². The Balaban J connectivity index is 2.02. The molecule has 0 radical (unpaired) electrons. The SMILES string of the molecule is C=C(Cc1ccccc1)C1(O)CCC1. The van der Waals surface area contributed by atoms with E-state index in [1.807, 2.05) is 18.2 Å². The third-order valence-corrected chi connectivity index (χ3v) is 3.10. The van der Waals surface area contributed by atoms with E-state index < -0.39 is 5.60 Å². The van der Waals surface area contributed by atoms with E-state index in [2.05, 4.69) is 18.7 Å². The molecule has 1 N–H and O–H groups in total. The summed E-state index contributed by atoms with van der Waals surface area (Å²) in [5.41, 5.74) is 1.64. The van der Waals surface area contributed by atoms with Crippen molar-refractivity contribution in [2.75, 3.05) is 0 Å². The molecule has 2 rings (SSSR count). The van der Waals surface area contributed by atoms with Crippen LogP contribution in [0.2, 0.25) is 0 Å². The van der Waals surface area contributed by atoms with Crippen molar-refractivity contribution in [3.8, 4) is 0 Å². The van der Waals surface area contributed by atoms with Crippen molar-refractivity contribution < 1.29 is 5.11 Å². The molecule has 0 atom stereocenters. The highest BCUT2D eigenvalue weighted by atomic mass is 16.3. The Morgan fingerprint density at radius 2 is 1.93 bits per heavy atom. The topological polar surface area (TPSA) is 20.2 Å². The predicted molar refractivity (Wildman–Crippen MR) is 58.1 cm³/mol. The molecule has 1 saturated carbocycles. The smallest absolute Gasteiger partial charge is 0.0857 e. The zero-order valence-electron chi connectivity index (χ0n) is 8.37. The lowest BCUT2D eigenvalue weighted by molar-refractivity contribution is 0.00110. The molecule has 0 aromatic heterocycles. The molecule has 1 aliphatic carbocycles. The summed E-state index contributed by atoms with van der Waals surface area (Å²) in [6.07, 6.45) is 3.71. The van der Waals surface area contributed by atoms with Crippen LogP contribution in [0, 0.1) is 0 Å². The Bertz CT molecular complexity index is 322. The second kappa shape index (κ2) is 3.58. The van der Waals surface area contributed by atoms with Crippen molar-refractivity contribution in [3.63, 3.8) is 0 Å². The monoisotopic (exact) mass is 188 g/mol. The van der Waals surface area contributed by atoms with Crippen LogP contribution in [0.25, 0.3) is 0 Å². The van der Waals surface area contributed by atoms with E-state index in [0.29, 0.717) is 0 Å². The van der Waals surface area contributed by atoms with Crippen molar-refractivity contribution >= 4 is 0 Å². The predicted octanol–water partition coefficient (Wildman–Crippen LogP) is 2.70. The fourth-order valence-corrected chi connectivity index (χ4v) is 1.87. The minimum Gasteiger partial charge on any atom is -0.386 e. The number of benzene rings is 1. The van der Waals surface area contributed by atoms with Crippen LogP contribution in [0.15, 0.2) is 42.5 Å². The Labute approximate surface area is 85.1 Å². The molecule has 0 spiro atoms. The average molecular weight is 188 g/mol. The Kier molecular flexibility index (Phi) is 2.42. The first-order valence-electron chi connectivity index (χ1n) is 5.15. The Morgan fingerprint density at radius 3 is 2.43 bits per heavy atom. The maximum Gasteiger partial charge on any atom is 0.0857 e. The molecule has 0 amide bonds. The zero-order chi connectivity index (χ0) is 10.0. The van der Waals surface area contributed by atoms with Gasteiger partial charge in [0.2, 0.25) is 0 Å². The van der Waals surface area contributed by atoms with Gasteiger partial charge in [0.05, 0.1) is 5.60 Å². The molecule has 14 heavy (non-hydrogen) atoms. The molecular weight excluding hydrogens is 172 g/mol. The van der Waals surface area contributed by atoms with Crippen LogP contribution in [0.4, 0.5) is 0 Å². The largest absolute Gasteiger partial charge is 0.386 e. The number of aliphatic hydroxyl groups is 1. The lowest BCUT2D eigenvalue weighted by Crippen LogP contribution is -2.39. The van der Waals surface area contributed by atoms with E-state index in [1.165, 1.54) is 5.56 Å². The van der Waals surface area contributed by atoms with Gasteiger partial charge in [0.25, 0.3) is 0 Å². The van der Waals surface area contributed by atoms with Crippen LogP contribution in [0.3, 0.4) is 0 Å². The molecule has 1 aromatic rings. The maximum atomic E-state index is 10.0. The normalized spacial score (nSPS) is 18.6. The molecule has 1 fully saturated rings. The van der Waals surface area contributed by atoms with Gasteiger partial charge in [-0.1, -0.05) is 36.9 Å². The standard InChI is InChI=1S/C13H16O/c1-11(13(14)8-5-9-13)10-12-6-3-2-4-7-12/h2-4,6-7,14H,1,5,8-10H2. The van der Waals surface area contributed by atoms with E-state index in [4.69, 9.17) is 0 Å². The first kappa shape index (κ1) is 9.47. The fourth-order valence-electron chi connectivity index (χ4n) is 1.87. The van der Waals surface area contributed by atoms with E-state index >= 15 is 0 Å².